The van der Waals surface area contributed by atoms with E-state index in [9.17, 15) is 14.4 Å². The smallest absolute Gasteiger partial charge is 0.317 e. The van der Waals surface area contributed by atoms with E-state index in [-0.39, 0.29) is 35.9 Å². The molecule has 0 bridgehead atoms. The third-order valence-corrected chi connectivity index (χ3v) is 4.90. The number of hydrogen-bond donors (Lipinski definition) is 3. The lowest BCUT2D eigenvalue weighted by Crippen LogP contribution is -2.54. The molecule has 28 heavy (non-hydrogen) atoms. The predicted molar refractivity (Wildman–Crippen MR) is 107 cm³/mol. The van der Waals surface area contributed by atoms with Crippen molar-refractivity contribution in [2.45, 2.75) is 52.6 Å². The number of nitrogens with zero attached hydrogens (tertiary/aromatic N) is 1. The minimum Gasteiger partial charge on any atom is -0.480 e. The highest BCUT2D eigenvalue weighted by atomic mass is 16.4. The zero-order chi connectivity index (χ0) is 20.9. The second-order valence-corrected chi connectivity index (χ2v) is 8.57. The van der Waals surface area contributed by atoms with E-state index in [0.717, 1.165) is 12.8 Å². The van der Waals surface area contributed by atoms with Crippen LogP contribution in [0, 0.1) is 5.41 Å². The minimum atomic E-state index is -0.832. The second kappa shape index (κ2) is 9.19. The lowest BCUT2D eigenvalue weighted by molar-refractivity contribution is -0.139. The summed E-state index contributed by atoms with van der Waals surface area (Å²) in [4.78, 5) is 37.3. The summed E-state index contributed by atoms with van der Waals surface area (Å²) in [5.41, 5.74) is 1.04. The van der Waals surface area contributed by atoms with Gasteiger partial charge in [0.1, 0.15) is 0 Å². The lowest BCUT2D eigenvalue weighted by atomic mass is 9.85. The molecule has 1 aromatic carbocycles. The number of aliphatic carboxylic acids is 1. The van der Waals surface area contributed by atoms with E-state index in [0.29, 0.717) is 24.2 Å². The van der Waals surface area contributed by atoms with Crippen molar-refractivity contribution in [1.29, 1.82) is 0 Å². The highest BCUT2D eigenvalue weighted by Gasteiger charge is 2.34. The van der Waals surface area contributed by atoms with Crippen molar-refractivity contribution in [3.63, 3.8) is 0 Å². The predicted octanol–water partition coefficient (Wildman–Crippen LogP) is 2.13. The normalized spacial score (nSPS) is 19.0. The zero-order valence-corrected chi connectivity index (χ0v) is 17.1. The van der Waals surface area contributed by atoms with Crippen LogP contribution in [-0.4, -0.2) is 59.5 Å². The molecule has 3 N–H and O–H groups in total. The van der Waals surface area contributed by atoms with Crippen LogP contribution in [0.1, 0.15) is 61.3 Å². The fourth-order valence-corrected chi connectivity index (χ4v) is 3.17. The maximum Gasteiger partial charge on any atom is 0.317 e. The molecule has 0 atom stereocenters. The average Bonchev–Trinajstić information content (AvgIpc) is 2.59. The largest absolute Gasteiger partial charge is 0.480 e. The van der Waals surface area contributed by atoms with Gasteiger partial charge in [0.15, 0.2) is 0 Å². The van der Waals surface area contributed by atoms with Gasteiger partial charge in [-0.1, -0.05) is 27.7 Å². The number of benzene rings is 1. The number of nitrogens with one attached hydrogen (secondary N) is 2. The van der Waals surface area contributed by atoms with Gasteiger partial charge in [-0.15, -0.1) is 0 Å². The Balaban J connectivity index is 1.82. The summed E-state index contributed by atoms with van der Waals surface area (Å²) >= 11 is 0. The minimum absolute atomic E-state index is 0.00788. The molecule has 2 amide bonds. The van der Waals surface area contributed by atoms with Crippen LogP contribution < -0.4 is 10.6 Å². The second-order valence-electron chi connectivity index (χ2n) is 8.57. The summed E-state index contributed by atoms with van der Waals surface area (Å²) in [7, 11) is 0. The van der Waals surface area contributed by atoms with Gasteiger partial charge in [-0.2, -0.15) is 0 Å². The summed E-state index contributed by atoms with van der Waals surface area (Å²) in [5, 5.41) is 14.8. The summed E-state index contributed by atoms with van der Waals surface area (Å²) in [6.07, 6.45) is 1.50. The van der Waals surface area contributed by atoms with Crippen LogP contribution in [0.5, 0.6) is 0 Å². The SMILES string of the molecule is CCN(CC(=O)O)C1CC(NC(=O)c2ccc(C(=O)NCC(C)(C)C)cc2)C1. The Morgan fingerprint density at radius 1 is 1.07 bits per heavy atom. The zero-order valence-electron chi connectivity index (χ0n) is 17.1. The molecule has 1 fully saturated rings. The molecular formula is C21H31N3O4. The molecular weight excluding hydrogens is 358 g/mol. The van der Waals surface area contributed by atoms with Gasteiger partial charge in [0.25, 0.3) is 11.8 Å². The van der Waals surface area contributed by atoms with E-state index in [1.165, 1.54) is 0 Å². The van der Waals surface area contributed by atoms with E-state index in [2.05, 4.69) is 10.6 Å². The number of hydrogen-bond acceptors (Lipinski definition) is 4. The molecule has 0 spiro atoms. The fourth-order valence-electron chi connectivity index (χ4n) is 3.17. The quantitative estimate of drug-likeness (QED) is 0.633. The van der Waals surface area contributed by atoms with Gasteiger partial charge in [-0.25, -0.2) is 0 Å². The van der Waals surface area contributed by atoms with Crippen LogP contribution in [0.4, 0.5) is 0 Å². The van der Waals surface area contributed by atoms with Gasteiger partial charge in [-0.3, -0.25) is 19.3 Å². The molecule has 2 rings (SSSR count). The number of carbonyl (C=O) groups is 3. The first-order chi connectivity index (χ1) is 13.1. The summed E-state index contributed by atoms with van der Waals surface area (Å²) in [5.74, 6) is -1.16. The number of carboxylic acids is 1. The first-order valence-corrected chi connectivity index (χ1v) is 9.74. The summed E-state index contributed by atoms with van der Waals surface area (Å²) in [6, 6.07) is 6.86. The number of carbonyl (C=O) groups excluding carboxylic acids is 2. The Morgan fingerprint density at radius 3 is 2.07 bits per heavy atom. The van der Waals surface area contributed by atoms with Crippen LogP contribution >= 0.6 is 0 Å². The number of carboxylic acid groups (broad SMARTS) is 1. The third kappa shape index (κ3) is 6.34. The monoisotopic (exact) mass is 389 g/mol. The molecule has 0 aliphatic heterocycles. The van der Waals surface area contributed by atoms with Crippen molar-refractivity contribution < 1.29 is 19.5 Å². The topological polar surface area (TPSA) is 98.7 Å². The highest BCUT2D eigenvalue weighted by Crippen LogP contribution is 2.26. The molecule has 7 nitrogen and oxygen atoms in total. The molecule has 1 saturated carbocycles. The van der Waals surface area contributed by atoms with Gasteiger partial charge in [0.2, 0.25) is 0 Å². The van der Waals surface area contributed by atoms with Crippen molar-refractivity contribution >= 4 is 17.8 Å². The van der Waals surface area contributed by atoms with Gasteiger partial charge in [0, 0.05) is 29.8 Å². The Bertz CT molecular complexity index is 703. The number of likely N-dealkylation sites (N-methyl/N-ethyl adjacent to an activating group) is 1. The van der Waals surface area contributed by atoms with Crippen LogP contribution in [0.3, 0.4) is 0 Å². The third-order valence-electron chi connectivity index (χ3n) is 4.90. The Hall–Kier alpha value is -2.41. The summed E-state index contributed by atoms with van der Waals surface area (Å²) in [6.45, 7) is 9.37. The Morgan fingerprint density at radius 2 is 1.61 bits per heavy atom. The van der Waals surface area contributed by atoms with Crippen molar-refractivity contribution in [3.05, 3.63) is 35.4 Å². The standard InChI is InChI=1S/C21H31N3O4/c1-5-24(12-18(25)26)17-10-16(11-17)23-20(28)15-8-6-14(7-9-15)19(27)22-13-21(2,3)4/h6-9,16-17H,5,10-13H2,1-4H3,(H,22,27)(H,23,28)(H,25,26). The van der Waals surface area contributed by atoms with Gasteiger partial charge in [-0.05, 0) is 49.1 Å². The molecule has 0 aromatic heterocycles. The maximum atomic E-state index is 12.4. The van der Waals surface area contributed by atoms with Gasteiger partial charge in [0.05, 0.1) is 6.54 Å². The lowest BCUT2D eigenvalue weighted by Gasteiger charge is -2.42. The van der Waals surface area contributed by atoms with Crippen molar-refractivity contribution in [2.24, 2.45) is 5.41 Å². The van der Waals surface area contributed by atoms with E-state index in [4.69, 9.17) is 5.11 Å². The van der Waals surface area contributed by atoms with Crippen LogP contribution in [0.15, 0.2) is 24.3 Å². The molecule has 0 heterocycles. The van der Waals surface area contributed by atoms with Crippen LogP contribution in [0.2, 0.25) is 0 Å². The van der Waals surface area contributed by atoms with Crippen molar-refractivity contribution in [2.75, 3.05) is 19.6 Å². The van der Waals surface area contributed by atoms with Crippen molar-refractivity contribution in [1.82, 2.24) is 15.5 Å². The van der Waals surface area contributed by atoms with E-state index < -0.39 is 5.97 Å². The molecule has 1 aliphatic rings. The highest BCUT2D eigenvalue weighted by molar-refractivity contribution is 5.97. The van der Waals surface area contributed by atoms with Crippen LogP contribution in [-0.2, 0) is 4.79 Å². The van der Waals surface area contributed by atoms with Crippen molar-refractivity contribution in [3.8, 4) is 0 Å². The van der Waals surface area contributed by atoms with E-state index in [1.54, 1.807) is 24.3 Å². The molecule has 154 valence electrons. The van der Waals surface area contributed by atoms with Gasteiger partial charge >= 0.3 is 5.97 Å². The first kappa shape index (κ1) is 21.9. The molecule has 7 heteroatoms. The van der Waals surface area contributed by atoms with Gasteiger partial charge < -0.3 is 15.7 Å². The molecule has 1 aliphatic carbocycles. The molecule has 1 aromatic rings. The van der Waals surface area contributed by atoms with E-state index >= 15 is 0 Å². The molecule has 0 radical (unpaired) electrons. The summed E-state index contributed by atoms with van der Waals surface area (Å²) < 4.78 is 0. The number of rotatable bonds is 8. The first-order valence-electron chi connectivity index (χ1n) is 9.74. The number of amides is 2. The fraction of sp³-hybridized carbons (Fsp3) is 0.571. The average molecular weight is 389 g/mol. The molecule has 0 unspecified atom stereocenters. The Kier molecular flexibility index (Phi) is 7.18. The maximum absolute atomic E-state index is 12.4. The van der Waals surface area contributed by atoms with E-state index in [1.807, 2.05) is 32.6 Å². The van der Waals surface area contributed by atoms with Crippen LogP contribution in [0.25, 0.3) is 0 Å². The molecule has 0 saturated heterocycles. The Labute approximate surface area is 166 Å².